The molecule has 6 nitrogen and oxygen atoms in total. The molecule has 1 aliphatic heterocycles. The number of hydrogen-bond donors (Lipinski definition) is 3. The van der Waals surface area contributed by atoms with Gasteiger partial charge in [-0.2, -0.15) is 5.10 Å². The summed E-state index contributed by atoms with van der Waals surface area (Å²) in [6.07, 6.45) is 4.10. The second-order valence-corrected chi connectivity index (χ2v) is 5.78. The van der Waals surface area contributed by atoms with Gasteiger partial charge in [-0.05, 0) is 25.8 Å². The predicted octanol–water partition coefficient (Wildman–Crippen LogP) is 0.538. The van der Waals surface area contributed by atoms with Crippen LogP contribution in [0.4, 0.5) is 5.82 Å². The van der Waals surface area contributed by atoms with Crippen molar-refractivity contribution in [3.8, 4) is 0 Å². The van der Waals surface area contributed by atoms with Gasteiger partial charge < -0.3 is 15.3 Å². The Morgan fingerprint density at radius 3 is 3.00 bits per heavy atom. The number of aromatic nitrogens is 2. The summed E-state index contributed by atoms with van der Waals surface area (Å²) in [4.78, 5) is 14.1. The van der Waals surface area contributed by atoms with Gasteiger partial charge in [-0.3, -0.25) is 9.89 Å². The fourth-order valence-corrected chi connectivity index (χ4v) is 2.79. The molecular weight excluding hydrogens is 244 g/mol. The number of likely N-dealkylation sites (N-methyl/N-ethyl adjacent to an activating group) is 1. The third-order valence-corrected chi connectivity index (χ3v) is 3.99. The highest BCUT2D eigenvalue weighted by Gasteiger charge is 2.32. The molecule has 2 atom stereocenters. The Balaban J connectivity index is 1.57. The number of hydrogen-bond acceptors (Lipinski definition) is 4. The molecule has 2 heterocycles. The van der Waals surface area contributed by atoms with Crippen molar-refractivity contribution in [3.63, 3.8) is 0 Å². The van der Waals surface area contributed by atoms with Gasteiger partial charge in [0, 0.05) is 31.0 Å². The first kappa shape index (κ1) is 12.6. The SMILES string of the molecule is CN1C[C@@H](CC(=O)Nc2[nH]ncc2C2CC2)[C@H](O)C1. The highest BCUT2D eigenvalue weighted by atomic mass is 16.3. The Morgan fingerprint density at radius 1 is 1.58 bits per heavy atom. The lowest BCUT2D eigenvalue weighted by atomic mass is 10.0. The quantitative estimate of drug-likeness (QED) is 0.741. The lowest BCUT2D eigenvalue weighted by molar-refractivity contribution is -0.117. The Bertz CT molecular complexity index is 469. The first-order chi connectivity index (χ1) is 9.13. The van der Waals surface area contributed by atoms with Crippen LogP contribution in [0, 0.1) is 5.92 Å². The van der Waals surface area contributed by atoms with E-state index in [1.165, 1.54) is 12.8 Å². The van der Waals surface area contributed by atoms with Gasteiger partial charge in [0.2, 0.25) is 5.91 Å². The molecule has 1 aromatic heterocycles. The van der Waals surface area contributed by atoms with E-state index >= 15 is 0 Å². The van der Waals surface area contributed by atoms with E-state index in [1.54, 1.807) is 6.20 Å². The van der Waals surface area contributed by atoms with E-state index in [0.717, 1.165) is 17.9 Å². The van der Waals surface area contributed by atoms with Crippen LogP contribution < -0.4 is 5.32 Å². The normalized spacial score (nSPS) is 27.7. The van der Waals surface area contributed by atoms with E-state index in [9.17, 15) is 9.90 Å². The second-order valence-electron chi connectivity index (χ2n) is 5.78. The summed E-state index contributed by atoms with van der Waals surface area (Å²) in [5.41, 5.74) is 1.11. The number of aliphatic hydroxyl groups excluding tert-OH is 1. The number of aliphatic hydroxyl groups is 1. The van der Waals surface area contributed by atoms with Gasteiger partial charge in [0.15, 0.2) is 0 Å². The van der Waals surface area contributed by atoms with Crippen LogP contribution in [0.3, 0.4) is 0 Å². The van der Waals surface area contributed by atoms with Crippen LogP contribution >= 0.6 is 0 Å². The molecule has 0 unspecified atom stereocenters. The number of β-amino-alcohol motifs (C(OH)–C–C–N with tert-alkyl or cyclic N) is 1. The van der Waals surface area contributed by atoms with E-state index in [4.69, 9.17) is 0 Å². The van der Waals surface area contributed by atoms with Crippen LogP contribution in [0.1, 0.15) is 30.7 Å². The zero-order valence-electron chi connectivity index (χ0n) is 11.1. The van der Waals surface area contributed by atoms with Gasteiger partial charge in [0.25, 0.3) is 0 Å². The molecule has 1 amide bonds. The lowest BCUT2D eigenvalue weighted by Gasteiger charge is -2.13. The molecule has 0 bridgehead atoms. The minimum absolute atomic E-state index is 0.0253. The maximum absolute atomic E-state index is 12.0. The van der Waals surface area contributed by atoms with E-state index in [1.807, 2.05) is 7.05 Å². The van der Waals surface area contributed by atoms with Crippen molar-refractivity contribution >= 4 is 11.7 Å². The number of carbonyl (C=O) groups is 1. The molecule has 0 aromatic carbocycles. The van der Waals surface area contributed by atoms with E-state index in [0.29, 0.717) is 18.9 Å². The van der Waals surface area contributed by atoms with E-state index in [-0.39, 0.29) is 11.8 Å². The van der Waals surface area contributed by atoms with Crippen LogP contribution in [0.25, 0.3) is 0 Å². The smallest absolute Gasteiger partial charge is 0.225 e. The van der Waals surface area contributed by atoms with Gasteiger partial charge >= 0.3 is 0 Å². The fraction of sp³-hybridized carbons (Fsp3) is 0.692. The number of H-pyrrole nitrogens is 1. The van der Waals surface area contributed by atoms with Gasteiger partial charge in [0.05, 0.1) is 12.3 Å². The van der Waals surface area contributed by atoms with Gasteiger partial charge in [-0.15, -0.1) is 0 Å². The molecule has 1 aliphatic carbocycles. The Morgan fingerprint density at radius 2 is 2.37 bits per heavy atom. The summed E-state index contributed by atoms with van der Waals surface area (Å²) in [5.74, 6) is 1.26. The maximum Gasteiger partial charge on any atom is 0.225 e. The highest BCUT2D eigenvalue weighted by Crippen LogP contribution is 2.42. The predicted molar refractivity (Wildman–Crippen MR) is 70.8 cm³/mol. The maximum atomic E-state index is 12.0. The minimum Gasteiger partial charge on any atom is -0.391 e. The van der Waals surface area contributed by atoms with Crippen LogP contribution in [0.5, 0.6) is 0 Å². The van der Waals surface area contributed by atoms with Gasteiger partial charge in [0.1, 0.15) is 5.82 Å². The third kappa shape index (κ3) is 2.79. The molecule has 3 N–H and O–H groups in total. The highest BCUT2D eigenvalue weighted by molar-refractivity contribution is 5.90. The molecule has 1 saturated heterocycles. The minimum atomic E-state index is -0.402. The van der Waals surface area contributed by atoms with Crippen molar-refractivity contribution in [2.45, 2.75) is 31.3 Å². The largest absolute Gasteiger partial charge is 0.391 e. The number of anilines is 1. The number of carbonyl (C=O) groups excluding carboxylic acids is 1. The summed E-state index contributed by atoms with van der Waals surface area (Å²) >= 11 is 0. The van der Waals surface area contributed by atoms with Gasteiger partial charge in [-0.25, -0.2) is 0 Å². The number of likely N-dealkylation sites (tertiary alicyclic amines) is 1. The summed E-state index contributed by atoms with van der Waals surface area (Å²) < 4.78 is 0. The summed E-state index contributed by atoms with van der Waals surface area (Å²) in [7, 11) is 1.96. The molecule has 2 fully saturated rings. The number of amides is 1. The van der Waals surface area contributed by atoms with E-state index in [2.05, 4.69) is 20.4 Å². The first-order valence-electron chi connectivity index (χ1n) is 6.83. The van der Waals surface area contributed by atoms with Crippen molar-refractivity contribution < 1.29 is 9.90 Å². The molecule has 6 heteroatoms. The van der Waals surface area contributed by atoms with Crippen LogP contribution in [-0.4, -0.2) is 52.4 Å². The molecule has 3 rings (SSSR count). The fourth-order valence-electron chi connectivity index (χ4n) is 2.79. The standard InChI is InChI=1S/C13H20N4O2/c1-17-6-9(11(18)7-17)4-12(19)15-13-10(5-14-16-13)8-2-3-8/h5,8-9,11,18H,2-4,6-7H2,1H3,(H2,14,15,16,19)/t9-,11-/m1/s1. The molecule has 104 valence electrons. The zero-order chi connectivity index (χ0) is 13.4. The van der Waals surface area contributed by atoms with Gasteiger partial charge in [-0.1, -0.05) is 0 Å². The van der Waals surface area contributed by atoms with Crippen molar-refractivity contribution in [2.24, 2.45) is 5.92 Å². The monoisotopic (exact) mass is 264 g/mol. The molecule has 2 aliphatic rings. The number of nitrogens with zero attached hydrogens (tertiary/aromatic N) is 2. The Kier molecular flexibility index (Phi) is 3.28. The number of nitrogens with one attached hydrogen (secondary N) is 2. The lowest BCUT2D eigenvalue weighted by Crippen LogP contribution is -2.24. The number of rotatable bonds is 4. The molecule has 1 aromatic rings. The van der Waals surface area contributed by atoms with Crippen molar-refractivity contribution in [1.82, 2.24) is 15.1 Å². The molecule has 0 radical (unpaired) electrons. The van der Waals surface area contributed by atoms with E-state index < -0.39 is 6.10 Å². The Labute approximate surface area is 112 Å². The van der Waals surface area contributed by atoms with Crippen LogP contribution in [0.2, 0.25) is 0 Å². The summed E-state index contributed by atoms with van der Waals surface area (Å²) in [5, 5.41) is 19.6. The second kappa shape index (κ2) is 4.94. The molecule has 1 saturated carbocycles. The summed E-state index contributed by atoms with van der Waals surface area (Å²) in [6.45, 7) is 1.42. The summed E-state index contributed by atoms with van der Waals surface area (Å²) in [6, 6.07) is 0. The topological polar surface area (TPSA) is 81.2 Å². The molecular formula is C13H20N4O2. The van der Waals surface area contributed by atoms with Crippen LogP contribution in [-0.2, 0) is 4.79 Å². The van der Waals surface area contributed by atoms with Crippen molar-refractivity contribution in [2.75, 3.05) is 25.5 Å². The van der Waals surface area contributed by atoms with Crippen LogP contribution in [0.15, 0.2) is 6.20 Å². The Hall–Kier alpha value is -1.40. The average molecular weight is 264 g/mol. The molecule has 19 heavy (non-hydrogen) atoms. The molecule has 0 spiro atoms. The number of aromatic amines is 1. The zero-order valence-corrected chi connectivity index (χ0v) is 11.1. The average Bonchev–Trinajstić information content (AvgIpc) is 3.01. The van der Waals surface area contributed by atoms with Crippen molar-refractivity contribution in [3.05, 3.63) is 11.8 Å². The first-order valence-corrected chi connectivity index (χ1v) is 6.83. The third-order valence-electron chi connectivity index (χ3n) is 3.99. The van der Waals surface area contributed by atoms with Crippen molar-refractivity contribution in [1.29, 1.82) is 0 Å².